The van der Waals surface area contributed by atoms with Crippen LogP contribution in [0.4, 0.5) is 0 Å². The molecule has 4 amide bonds. The van der Waals surface area contributed by atoms with Gasteiger partial charge in [-0.15, -0.1) is 0 Å². The fraction of sp³-hybridized carbons (Fsp3) is 0.448. The van der Waals surface area contributed by atoms with Gasteiger partial charge in [0.15, 0.2) is 0 Å². The Bertz CT molecular complexity index is 1190. The molecule has 0 saturated carbocycles. The number of phenols is 1. The number of nitrogens with one attached hydrogen (secondary N) is 2. The van der Waals surface area contributed by atoms with Crippen LogP contribution in [-0.4, -0.2) is 75.8 Å². The molecule has 2 aromatic rings. The molecule has 3 fully saturated rings. The van der Waals surface area contributed by atoms with Gasteiger partial charge in [-0.3, -0.25) is 19.2 Å². The Morgan fingerprint density at radius 2 is 1.37 bits per heavy atom. The first-order valence-electron chi connectivity index (χ1n) is 13.4. The summed E-state index contributed by atoms with van der Waals surface area (Å²) >= 11 is 0. The van der Waals surface area contributed by atoms with E-state index in [0.717, 1.165) is 11.1 Å². The third-order valence-electron chi connectivity index (χ3n) is 7.77. The van der Waals surface area contributed by atoms with Crippen LogP contribution in [-0.2, 0) is 32.0 Å². The van der Waals surface area contributed by atoms with E-state index in [1.807, 2.05) is 30.3 Å². The van der Waals surface area contributed by atoms with Crippen molar-refractivity contribution in [3.63, 3.8) is 0 Å². The lowest BCUT2D eigenvalue weighted by molar-refractivity contribution is -0.147. The monoisotopic (exact) mass is 518 g/mol. The van der Waals surface area contributed by atoms with Gasteiger partial charge in [-0.1, -0.05) is 42.5 Å². The molecular weight excluding hydrogens is 484 g/mol. The topological polar surface area (TPSA) is 119 Å². The van der Waals surface area contributed by atoms with Crippen LogP contribution in [0.1, 0.15) is 43.2 Å². The first-order valence-corrected chi connectivity index (χ1v) is 13.4. The highest BCUT2D eigenvalue weighted by Crippen LogP contribution is 2.27. The Morgan fingerprint density at radius 1 is 0.737 bits per heavy atom. The first-order chi connectivity index (χ1) is 18.4. The predicted octanol–water partition coefficient (Wildman–Crippen LogP) is 1.53. The summed E-state index contributed by atoms with van der Waals surface area (Å²) in [5.41, 5.74) is 1.76. The maximum Gasteiger partial charge on any atom is 0.246 e. The summed E-state index contributed by atoms with van der Waals surface area (Å²) in [4.78, 5) is 57.5. The van der Waals surface area contributed by atoms with Crippen LogP contribution in [0, 0.1) is 0 Å². The molecule has 0 aromatic heterocycles. The number of rotatable bonds is 4. The van der Waals surface area contributed by atoms with Crippen LogP contribution in [0.3, 0.4) is 0 Å². The Kier molecular flexibility index (Phi) is 7.62. The van der Waals surface area contributed by atoms with Crippen LogP contribution in [0.2, 0.25) is 0 Å². The number of benzene rings is 2. The number of aromatic hydroxyl groups is 1. The lowest BCUT2D eigenvalue weighted by atomic mass is 10.0. The van der Waals surface area contributed by atoms with Crippen molar-refractivity contribution in [2.75, 3.05) is 13.1 Å². The molecular formula is C29H34N4O5. The van der Waals surface area contributed by atoms with Crippen LogP contribution < -0.4 is 10.6 Å². The third kappa shape index (κ3) is 5.66. The molecule has 0 radical (unpaired) electrons. The summed E-state index contributed by atoms with van der Waals surface area (Å²) in [5, 5.41) is 15.6. The molecule has 0 spiro atoms. The highest BCUT2D eigenvalue weighted by molar-refractivity contribution is 5.95. The minimum atomic E-state index is -0.821. The minimum Gasteiger partial charge on any atom is -0.508 e. The summed E-state index contributed by atoms with van der Waals surface area (Å²) in [6.07, 6.45) is 3.17. The SMILES string of the molecule is O=C1CC(Cc2ccc(O)cc2)NC(=O)C2CCCN2C(=O)C2CCCN2C(=O)C(Cc2ccccc2)N1. The molecule has 3 aliphatic rings. The standard InChI is InChI=1S/C29H34N4O5/c34-22-12-10-20(11-13-22)16-21-18-26(35)31-23(17-19-6-2-1-3-7-19)28(37)33-15-5-9-25(33)29(38)32-14-4-8-24(32)27(36)30-21/h1-3,6-7,10-13,21,23-25,34H,4-5,8-9,14-18H2,(H,30,36)(H,31,35). The van der Waals surface area contributed by atoms with E-state index in [2.05, 4.69) is 10.6 Å². The molecule has 4 atom stereocenters. The Labute approximate surface area is 222 Å². The van der Waals surface area contributed by atoms with Gasteiger partial charge in [0.2, 0.25) is 23.6 Å². The Morgan fingerprint density at radius 3 is 2.08 bits per heavy atom. The smallest absolute Gasteiger partial charge is 0.246 e. The van der Waals surface area contributed by atoms with Crippen LogP contribution in [0.15, 0.2) is 54.6 Å². The molecule has 4 unspecified atom stereocenters. The van der Waals surface area contributed by atoms with Gasteiger partial charge < -0.3 is 25.5 Å². The van der Waals surface area contributed by atoms with Gasteiger partial charge in [0, 0.05) is 32.0 Å². The summed E-state index contributed by atoms with van der Waals surface area (Å²) in [6.45, 7) is 0.924. The number of carbonyl (C=O) groups is 4. The van der Waals surface area contributed by atoms with E-state index in [9.17, 15) is 24.3 Å². The van der Waals surface area contributed by atoms with Gasteiger partial charge in [-0.2, -0.15) is 0 Å². The zero-order valence-electron chi connectivity index (χ0n) is 21.3. The third-order valence-corrected chi connectivity index (χ3v) is 7.77. The Hall–Kier alpha value is -3.88. The van der Waals surface area contributed by atoms with E-state index in [-0.39, 0.29) is 35.8 Å². The van der Waals surface area contributed by atoms with Crippen LogP contribution >= 0.6 is 0 Å². The fourth-order valence-corrected chi connectivity index (χ4v) is 5.90. The molecule has 38 heavy (non-hydrogen) atoms. The first kappa shape index (κ1) is 25.8. The summed E-state index contributed by atoms with van der Waals surface area (Å²) in [7, 11) is 0. The zero-order valence-corrected chi connectivity index (χ0v) is 21.3. The number of hydrogen-bond donors (Lipinski definition) is 3. The predicted molar refractivity (Wildman–Crippen MR) is 140 cm³/mol. The summed E-state index contributed by atoms with van der Waals surface area (Å²) in [5.74, 6) is -0.931. The second-order valence-electron chi connectivity index (χ2n) is 10.5. The maximum absolute atomic E-state index is 13.8. The van der Waals surface area contributed by atoms with E-state index < -0.39 is 24.2 Å². The molecule has 9 heteroatoms. The van der Waals surface area contributed by atoms with E-state index in [1.165, 1.54) is 0 Å². The molecule has 3 heterocycles. The number of amides is 4. The van der Waals surface area contributed by atoms with Crippen molar-refractivity contribution in [1.29, 1.82) is 0 Å². The van der Waals surface area contributed by atoms with Crippen molar-refractivity contribution in [2.24, 2.45) is 0 Å². The second kappa shape index (κ2) is 11.2. The molecule has 3 N–H and O–H groups in total. The average molecular weight is 519 g/mol. The fourth-order valence-electron chi connectivity index (χ4n) is 5.90. The zero-order chi connectivity index (χ0) is 26.6. The highest BCUT2D eigenvalue weighted by atomic mass is 16.3. The highest BCUT2D eigenvalue weighted by Gasteiger charge is 2.44. The van der Waals surface area contributed by atoms with Crippen molar-refractivity contribution in [2.45, 2.75) is 69.1 Å². The van der Waals surface area contributed by atoms with Crippen molar-refractivity contribution >= 4 is 23.6 Å². The van der Waals surface area contributed by atoms with Crippen LogP contribution in [0.25, 0.3) is 0 Å². The Balaban J connectivity index is 1.46. The van der Waals surface area contributed by atoms with E-state index in [1.54, 1.807) is 34.1 Å². The number of nitrogens with zero attached hydrogens (tertiary/aromatic N) is 2. The van der Waals surface area contributed by atoms with Gasteiger partial charge in [0.05, 0.1) is 0 Å². The van der Waals surface area contributed by atoms with E-state index in [4.69, 9.17) is 0 Å². The van der Waals surface area contributed by atoms with E-state index >= 15 is 0 Å². The number of hydrogen-bond acceptors (Lipinski definition) is 5. The van der Waals surface area contributed by atoms with Crippen molar-refractivity contribution in [3.8, 4) is 5.75 Å². The minimum absolute atomic E-state index is 0.0186. The van der Waals surface area contributed by atoms with Gasteiger partial charge >= 0.3 is 0 Å². The maximum atomic E-state index is 13.8. The number of phenolic OH excluding ortho intramolecular Hbond substituents is 1. The molecule has 0 bridgehead atoms. The molecule has 2 aromatic carbocycles. The van der Waals surface area contributed by atoms with Gasteiger partial charge in [0.25, 0.3) is 0 Å². The molecule has 3 aliphatic heterocycles. The average Bonchev–Trinajstić information content (AvgIpc) is 3.59. The molecule has 9 nitrogen and oxygen atoms in total. The second-order valence-corrected chi connectivity index (χ2v) is 10.5. The van der Waals surface area contributed by atoms with Gasteiger partial charge in [-0.05, 0) is 55.4 Å². The molecule has 200 valence electrons. The van der Waals surface area contributed by atoms with E-state index in [0.29, 0.717) is 51.6 Å². The number of carbonyl (C=O) groups excluding carboxylic acids is 4. The van der Waals surface area contributed by atoms with Gasteiger partial charge in [0.1, 0.15) is 23.9 Å². The van der Waals surface area contributed by atoms with Gasteiger partial charge in [-0.25, -0.2) is 0 Å². The summed E-state index contributed by atoms with van der Waals surface area (Å²) < 4.78 is 0. The van der Waals surface area contributed by atoms with Crippen LogP contribution in [0.5, 0.6) is 5.75 Å². The molecule has 3 saturated heterocycles. The number of fused-ring (bicyclic) bond motifs is 2. The van der Waals surface area contributed by atoms with Crippen molar-refractivity contribution in [3.05, 3.63) is 65.7 Å². The largest absolute Gasteiger partial charge is 0.508 e. The van der Waals surface area contributed by atoms with Crippen molar-refractivity contribution in [1.82, 2.24) is 20.4 Å². The molecule has 5 rings (SSSR count). The normalized spacial score (nSPS) is 26.5. The summed E-state index contributed by atoms with van der Waals surface area (Å²) in [6, 6.07) is 13.5. The quantitative estimate of drug-likeness (QED) is 0.567. The lowest BCUT2D eigenvalue weighted by Gasteiger charge is -2.32. The molecule has 0 aliphatic carbocycles. The lowest BCUT2D eigenvalue weighted by Crippen LogP contribution is -2.56. The van der Waals surface area contributed by atoms with Crippen molar-refractivity contribution < 1.29 is 24.3 Å².